The molecule has 0 spiro atoms. The zero-order valence-corrected chi connectivity index (χ0v) is 13.2. The van der Waals surface area contributed by atoms with Crippen molar-refractivity contribution in [2.75, 3.05) is 6.79 Å². The molecule has 0 saturated carbocycles. The number of halogens is 2. The van der Waals surface area contributed by atoms with Gasteiger partial charge in [0.25, 0.3) is 5.91 Å². The molecule has 1 heterocycles. The normalized spacial score (nSPS) is 13.8. The van der Waals surface area contributed by atoms with E-state index in [9.17, 15) is 4.79 Å². The number of hydrogen-bond donors (Lipinski definition) is 1. The number of benzene rings is 2. The minimum Gasteiger partial charge on any atom is -0.454 e. The molecule has 1 unspecified atom stereocenters. The van der Waals surface area contributed by atoms with Crippen LogP contribution in [0.5, 0.6) is 11.5 Å². The van der Waals surface area contributed by atoms with Crippen LogP contribution in [0.15, 0.2) is 36.4 Å². The van der Waals surface area contributed by atoms with Gasteiger partial charge in [-0.1, -0.05) is 29.3 Å². The largest absolute Gasteiger partial charge is 0.454 e. The second kappa shape index (κ2) is 6.07. The Labute approximate surface area is 137 Å². The van der Waals surface area contributed by atoms with Crippen molar-refractivity contribution in [2.24, 2.45) is 0 Å². The van der Waals surface area contributed by atoms with Crippen molar-refractivity contribution in [2.45, 2.75) is 13.0 Å². The highest BCUT2D eigenvalue weighted by Gasteiger charge is 2.17. The first-order chi connectivity index (χ1) is 10.5. The van der Waals surface area contributed by atoms with Crippen LogP contribution in [0.1, 0.15) is 28.9 Å². The van der Waals surface area contributed by atoms with Gasteiger partial charge >= 0.3 is 0 Å². The quantitative estimate of drug-likeness (QED) is 0.912. The first-order valence-electron chi connectivity index (χ1n) is 6.70. The molecule has 2 aromatic rings. The summed E-state index contributed by atoms with van der Waals surface area (Å²) in [6.07, 6.45) is 0. The van der Waals surface area contributed by atoms with Crippen LogP contribution in [0, 0.1) is 0 Å². The molecule has 1 atom stereocenters. The van der Waals surface area contributed by atoms with E-state index < -0.39 is 0 Å². The number of fused-ring (bicyclic) bond motifs is 1. The molecule has 3 rings (SSSR count). The van der Waals surface area contributed by atoms with Crippen LogP contribution in [0.3, 0.4) is 0 Å². The molecule has 22 heavy (non-hydrogen) atoms. The van der Waals surface area contributed by atoms with Gasteiger partial charge in [0.05, 0.1) is 16.1 Å². The lowest BCUT2D eigenvalue weighted by Gasteiger charge is -2.15. The fourth-order valence-electron chi connectivity index (χ4n) is 2.18. The van der Waals surface area contributed by atoms with Gasteiger partial charge in [0.2, 0.25) is 6.79 Å². The summed E-state index contributed by atoms with van der Waals surface area (Å²) in [5.74, 6) is 1.18. The molecule has 0 aromatic heterocycles. The van der Waals surface area contributed by atoms with Crippen molar-refractivity contribution >= 4 is 29.1 Å². The predicted molar refractivity (Wildman–Crippen MR) is 84.9 cm³/mol. The van der Waals surface area contributed by atoms with Crippen molar-refractivity contribution < 1.29 is 14.3 Å². The van der Waals surface area contributed by atoms with E-state index in [-0.39, 0.29) is 18.7 Å². The van der Waals surface area contributed by atoms with Crippen molar-refractivity contribution in [3.63, 3.8) is 0 Å². The Morgan fingerprint density at radius 3 is 2.64 bits per heavy atom. The smallest absolute Gasteiger partial charge is 0.251 e. The second-order valence-electron chi connectivity index (χ2n) is 4.94. The SMILES string of the molecule is CC(NC(=O)c1ccc(Cl)c(Cl)c1)c1ccc2c(c1)OCO2. The molecule has 1 N–H and O–H groups in total. The molecule has 1 aliphatic heterocycles. The number of carbonyl (C=O) groups excluding carboxylic acids is 1. The third-order valence-corrected chi connectivity index (χ3v) is 4.17. The Hall–Kier alpha value is -1.91. The van der Waals surface area contributed by atoms with Gasteiger partial charge in [0.15, 0.2) is 11.5 Å². The zero-order chi connectivity index (χ0) is 15.7. The van der Waals surface area contributed by atoms with Crippen LogP contribution in [0.2, 0.25) is 10.0 Å². The number of hydrogen-bond acceptors (Lipinski definition) is 3. The average molecular weight is 338 g/mol. The standard InChI is InChI=1S/C16H13Cl2NO3/c1-9(10-3-5-14-15(7-10)22-8-21-14)19-16(20)11-2-4-12(17)13(18)6-11/h2-7,9H,8H2,1H3,(H,19,20). The van der Waals surface area contributed by atoms with Gasteiger partial charge in [-0.05, 0) is 42.8 Å². The van der Waals surface area contributed by atoms with E-state index in [1.807, 2.05) is 25.1 Å². The Bertz CT molecular complexity index is 733. The van der Waals surface area contributed by atoms with Crippen LogP contribution in [-0.4, -0.2) is 12.7 Å². The van der Waals surface area contributed by atoms with Gasteiger partial charge in [-0.3, -0.25) is 4.79 Å². The van der Waals surface area contributed by atoms with Crippen molar-refractivity contribution in [3.8, 4) is 11.5 Å². The molecule has 4 nitrogen and oxygen atoms in total. The Kier molecular flexibility index (Phi) is 4.14. The maximum Gasteiger partial charge on any atom is 0.251 e. The summed E-state index contributed by atoms with van der Waals surface area (Å²) in [6, 6.07) is 10.2. The van der Waals surface area contributed by atoms with E-state index >= 15 is 0 Å². The summed E-state index contributed by atoms with van der Waals surface area (Å²) in [4.78, 5) is 12.3. The summed E-state index contributed by atoms with van der Waals surface area (Å²) in [5.41, 5.74) is 1.39. The van der Waals surface area contributed by atoms with Gasteiger partial charge < -0.3 is 14.8 Å². The molecule has 0 bridgehead atoms. The molecule has 2 aromatic carbocycles. The summed E-state index contributed by atoms with van der Waals surface area (Å²) in [7, 11) is 0. The van der Waals surface area contributed by atoms with Crippen LogP contribution in [0.25, 0.3) is 0 Å². The predicted octanol–water partition coefficient (Wildman–Crippen LogP) is 4.21. The van der Waals surface area contributed by atoms with Crippen molar-refractivity contribution in [1.29, 1.82) is 0 Å². The first-order valence-corrected chi connectivity index (χ1v) is 7.45. The highest BCUT2D eigenvalue weighted by molar-refractivity contribution is 6.42. The number of carbonyl (C=O) groups is 1. The summed E-state index contributed by atoms with van der Waals surface area (Å²) in [5, 5.41) is 3.68. The fourth-order valence-corrected chi connectivity index (χ4v) is 2.48. The lowest BCUT2D eigenvalue weighted by molar-refractivity contribution is 0.0940. The number of rotatable bonds is 3. The maximum atomic E-state index is 12.3. The molecule has 0 fully saturated rings. The third-order valence-electron chi connectivity index (χ3n) is 3.43. The second-order valence-corrected chi connectivity index (χ2v) is 5.75. The highest BCUT2D eigenvalue weighted by Crippen LogP contribution is 2.34. The van der Waals surface area contributed by atoms with E-state index in [2.05, 4.69) is 5.32 Å². The van der Waals surface area contributed by atoms with Crippen LogP contribution >= 0.6 is 23.2 Å². The van der Waals surface area contributed by atoms with Gasteiger partial charge in [-0.25, -0.2) is 0 Å². The van der Waals surface area contributed by atoms with Gasteiger partial charge in [-0.2, -0.15) is 0 Å². The summed E-state index contributed by atoms with van der Waals surface area (Å²) < 4.78 is 10.6. The summed E-state index contributed by atoms with van der Waals surface area (Å²) >= 11 is 11.8. The van der Waals surface area contributed by atoms with E-state index in [0.717, 1.165) is 5.56 Å². The summed E-state index contributed by atoms with van der Waals surface area (Å²) in [6.45, 7) is 2.12. The Morgan fingerprint density at radius 2 is 1.86 bits per heavy atom. The first kappa shape index (κ1) is 15.0. The van der Waals surface area contributed by atoms with Crippen molar-refractivity contribution in [1.82, 2.24) is 5.32 Å². The topological polar surface area (TPSA) is 47.6 Å². The van der Waals surface area contributed by atoms with Crippen LogP contribution < -0.4 is 14.8 Å². The van der Waals surface area contributed by atoms with E-state index in [1.165, 1.54) is 0 Å². The molecular formula is C16H13Cl2NO3. The number of amides is 1. The Morgan fingerprint density at radius 1 is 1.09 bits per heavy atom. The molecule has 0 radical (unpaired) electrons. The highest BCUT2D eigenvalue weighted by atomic mass is 35.5. The molecule has 1 amide bonds. The number of nitrogens with one attached hydrogen (secondary N) is 1. The minimum absolute atomic E-state index is 0.184. The number of ether oxygens (including phenoxy) is 2. The lowest BCUT2D eigenvalue weighted by Crippen LogP contribution is -2.26. The molecule has 0 saturated heterocycles. The molecule has 0 aliphatic carbocycles. The molecule has 114 valence electrons. The fraction of sp³-hybridized carbons (Fsp3) is 0.188. The third kappa shape index (κ3) is 2.98. The van der Waals surface area contributed by atoms with Crippen LogP contribution in [-0.2, 0) is 0 Å². The van der Waals surface area contributed by atoms with Crippen LogP contribution in [0.4, 0.5) is 0 Å². The maximum absolute atomic E-state index is 12.3. The monoisotopic (exact) mass is 337 g/mol. The zero-order valence-electron chi connectivity index (χ0n) is 11.7. The van der Waals surface area contributed by atoms with Gasteiger partial charge in [0.1, 0.15) is 0 Å². The van der Waals surface area contributed by atoms with E-state index in [4.69, 9.17) is 32.7 Å². The minimum atomic E-state index is -0.219. The Balaban J connectivity index is 1.74. The average Bonchev–Trinajstić information content (AvgIpc) is 2.97. The van der Waals surface area contributed by atoms with Gasteiger partial charge in [-0.15, -0.1) is 0 Å². The van der Waals surface area contributed by atoms with E-state index in [0.29, 0.717) is 27.1 Å². The van der Waals surface area contributed by atoms with E-state index in [1.54, 1.807) is 18.2 Å². The van der Waals surface area contributed by atoms with Gasteiger partial charge in [0, 0.05) is 5.56 Å². The van der Waals surface area contributed by atoms with Crippen molar-refractivity contribution in [3.05, 3.63) is 57.6 Å². The molecule has 1 aliphatic rings. The molecule has 6 heteroatoms. The molecular weight excluding hydrogens is 325 g/mol. The lowest BCUT2D eigenvalue weighted by atomic mass is 10.1.